The smallest absolute Gasteiger partial charge is 0.266 e. The van der Waals surface area contributed by atoms with Crippen LogP contribution in [0.5, 0.6) is 0 Å². The van der Waals surface area contributed by atoms with Crippen LogP contribution in [-0.4, -0.2) is 30.3 Å². The highest BCUT2D eigenvalue weighted by molar-refractivity contribution is 6.01. The van der Waals surface area contributed by atoms with E-state index in [1.165, 1.54) is 0 Å². The first-order valence-corrected chi connectivity index (χ1v) is 5.49. The van der Waals surface area contributed by atoms with E-state index in [1.54, 1.807) is 18.3 Å². The molecule has 0 spiro atoms. The quantitative estimate of drug-likeness (QED) is 0.603. The maximum Gasteiger partial charge on any atom is 0.390 e. The van der Waals surface area contributed by atoms with E-state index < -0.39 is 12.6 Å². The van der Waals surface area contributed by atoms with Gasteiger partial charge >= 0.3 is 6.18 Å². The van der Waals surface area contributed by atoms with Gasteiger partial charge in [0.25, 0.3) is 0 Å². The number of aliphatic imine (C=N–C) groups is 2. The third kappa shape index (κ3) is 4.65. The number of nitrogens with zero attached hydrogens (tertiary/aromatic N) is 3. The summed E-state index contributed by atoms with van der Waals surface area (Å²) < 4.78 is 36.0. The summed E-state index contributed by atoms with van der Waals surface area (Å²) in [6.07, 6.45) is -2.84. The van der Waals surface area contributed by atoms with Crippen LogP contribution in [0.25, 0.3) is 0 Å². The van der Waals surface area contributed by atoms with Gasteiger partial charge in [-0.25, -0.2) is 4.99 Å². The molecule has 0 aromatic carbocycles. The van der Waals surface area contributed by atoms with E-state index in [4.69, 9.17) is 0 Å². The SMILES string of the molecule is C=N/C(=N\CCC(F)(F)F)c1ccc(CC)nc1. The van der Waals surface area contributed by atoms with Crippen molar-refractivity contribution < 1.29 is 13.2 Å². The van der Waals surface area contributed by atoms with E-state index in [1.807, 2.05) is 6.92 Å². The molecule has 98 valence electrons. The van der Waals surface area contributed by atoms with Gasteiger partial charge in [-0.2, -0.15) is 13.2 Å². The highest BCUT2D eigenvalue weighted by atomic mass is 19.4. The summed E-state index contributed by atoms with van der Waals surface area (Å²) in [6, 6.07) is 3.52. The van der Waals surface area contributed by atoms with Gasteiger partial charge in [-0.15, -0.1) is 0 Å². The molecular formula is C12H14F3N3. The molecule has 0 aliphatic rings. The molecule has 0 atom stereocenters. The van der Waals surface area contributed by atoms with Crippen LogP contribution < -0.4 is 0 Å². The van der Waals surface area contributed by atoms with E-state index in [-0.39, 0.29) is 12.4 Å². The van der Waals surface area contributed by atoms with Crippen molar-refractivity contribution in [3.8, 4) is 0 Å². The zero-order valence-corrected chi connectivity index (χ0v) is 10.0. The lowest BCUT2D eigenvalue weighted by Gasteiger charge is -2.04. The molecule has 0 amide bonds. The highest BCUT2D eigenvalue weighted by Crippen LogP contribution is 2.19. The minimum absolute atomic E-state index is 0.189. The lowest BCUT2D eigenvalue weighted by molar-refractivity contribution is -0.132. The Hall–Kier alpha value is -1.72. The van der Waals surface area contributed by atoms with Crippen molar-refractivity contribution in [3.63, 3.8) is 0 Å². The molecule has 0 bridgehead atoms. The molecule has 0 aliphatic carbocycles. The first-order chi connectivity index (χ1) is 8.46. The standard InChI is InChI=1S/C12H14F3N3/c1-3-10-5-4-9(8-18-10)11(16-2)17-7-6-12(13,14)15/h4-5,8H,2-3,6-7H2,1H3/b17-11-. The van der Waals surface area contributed by atoms with E-state index >= 15 is 0 Å². The normalized spacial score (nSPS) is 12.6. The summed E-state index contributed by atoms with van der Waals surface area (Å²) in [4.78, 5) is 11.5. The Kier molecular flexibility index (Phi) is 5.00. The summed E-state index contributed by atoms with van der Waals surface area (Å²) >= 11 is 0. The Morgan fingerprint density at radius 3 is 2.56 bits per heavy atom. The molecule has 0 saturated heterocycles. The molecule has 0 saturated carbocycles. The van der Waals surface area contributed by atoms with Crippen molar-refractivity contribution >= 4 is 12.6 Å². The molecule has 3 nitrogen and oxygen atoms in total. The molecule has 0 fully saturated rings. The summed E-state index contributed by atoms with van der Waals surface area (Å²) in [5, 5.41) is 0. The second-order valence-electron chi connectivity index (χ2n) is 3.62. The summed E-state index contributed by atoms with van der Waals surface area (Å²) in [6.45, 7) is 4.92. The zero-order chi connectivity index (χ0) is 13.6. The van der Waals surface area contributed by atoms with Gasteiger partial charge in [-0.05, 0) is 25.3 Å². The molecule has 1 rings (SSSR count). The van der Waals surface area contributed by atoms with Crippen molar-refractivity contribution in [2.75, 3.05) is 6.54 Å². The van der Waals surface area contributed by atoms with Gasteiger partial charge in [-0.1, -0.05) is 6.92 Å². The van der Waals surface area contributed by atoms with Crippen molar-refractivity contribution in [2.24, 2.45) is 9.98 Å². The van der Waals surface area contributed by atoms with Gasteiger partial charge in [0.05, 0.1) is 6.42 Å². The third-order valence-electron chi connectivity index (χ3n) is 2.25. The van der Waals surface area contributed by atoms with Gasteiger partial charge in [0.15, 0.2) is 5.84 Å². The van der Waals surface area contributed by atoms with Gasteiger partial charge in [-0.3, -0.25) is 9.98 Å². The van der Waals surface area contributed by atoms with Gasteiger partial charge in [0, 0.05) is 24.0 Å². The number of alkyl halides is 3. The number of hydrogen-bond acceptors (Lipinski definition) is 2. The van der Waals surface area contributed by atoms with Crippen molar-refractivity contribution in [1.82, 2.24) is 4.98 Å². The molecule has 1 heterocycles. The molecule has 0 N–H and O–H groups in total. The number of rotatable bonds is 4. The predicted molar refractivity (Wildman–Crippen MR) is 65.2 cm³/mol. The van der Waals surface area contributed by atoms with Crippen LogP contribution in [0.1, 0.15) is 24.6 Å². The number of aryl methyl sites for hydroxylation is 1. The lowest BCUT2D eigenvalue weighted by atomic mass is 10.2. The Labute approximate surface area is 103 Å². The fraction of sp³-hybridized carbons (Fsp3) is 0.417. The second-order valence-corrected chi connectivity index (χ2v) is 3.62. The number of halogens is 3. The maximum absolute atomic E-state index is 12.0. The Balaban J connectivity index is 2.75. The Bertz CT molecular complexity index is 421. The van der Waals surface area contributed by atoms with Crippen molar-refractivity contribution in [1.29, 1.82) is 0 Å². The summed E-state index contributed by atoms with van der Waals surface area (Å²) in [5.74, 6) is 0.189. The number of hydrogen-bond donors (Lipinski definition) is 0. The average Bonchev–Trinajstić information content (AvgIpc) is 2.34. The molecule has 1 aromatic rings. The van der Waals surface area contributed by atoms with Crippen LogP contribution >= 0.6 is 0 Å². The molecular weight excluding hydrogens is 243 g/mol. The van der Waals surface area contributed by atoms with Crippen molar-refractivity contribution in [2.45, 2.75) is 25.9 Å². The van der Waals surface area contributed by atoms with E-state index in [0.29, 0.717) is 5.56 Å². The topological polar surface area (TPSA) is 37.6 Å². The largest absolute Gasteiger partial charge is 0.390 e. The van der Waals surface area contributed by atoms with Crippen LogP contribution in [0.4, 0.5) is 13.2 Å². The van der Waals surface area contributed by atoms with E-state index in [9.17, 15) is 13.2 Å². The number of aromatic nitrogens is 1. The average molecular weight is 257 g/mol. The van der Waals surface area contributed by atoms with Crippen LogP contribution in [0, 0.1) is 0 Å². The fourth-order valence-electron chi connectivity index (χ4n) is 1.29. The molecule has 0 unspecified atom stereocenters. The van der Waals surface area contributed by atoms with Gasteiger partial charge < -0.3 is 0 Å². The molecule has 1 aromatic heterocycles. The van der Waals surface area contributed by atoms with Gasteiger partial charge in [0.2, 0.25) is 0 Å². The van der Waals surface area contributed by atoms with Crippen LogP contribution in [0.3, 0.4) is 0 Å². The van der Waals surface area contributed by atoms with Crippen LogP contribution in [-0.2, 0) is 6.42 Å². The predicted octanol–water partition coefficient (Wildman–Crippen LogP) is 3.04. The zero-order valence-electron chi connectivity index (χ0n) is 10.0. The Morgan fingerprint density at radius 2 is 2.11 bits per heavy atom. The molecule has 6 heteroatoms. The first kappa shape index (κ1) is 14.3. The minimum Gasteiger partial charge on any atom is -0.266 e. The monoisotopic (exact) mass is 257 g/mol. The van der Waals surface area contributed by atoms with E-state index in [0.717, 1.165) is 12.1 Å². The second kappa shape index (κ2) is 6.28. The number of pyridine rings is 1. The Morgan fingerprint density at radius 1 is 1.39 bits per heavy atom. The first-order valence-electron chi connectivity index (χ1n) is 5.49. The molecule has 0 aliphatic heterocycles. The van der Waals surface area contributed by atoms with Crippen LogP contribution in [0.15, 0.2) is 28.3 Å². The van der Waals surface area contributed by atoms with Crippen LogP contribution in [0.2, 0.25) is 0 Å². The fourth-order valence-corrected chi connectivity index (χ4v) is 1.29. The molecule has 0 radical (unpaired) electrons. The molecule has 18 heavy (non-hydrogen) atoms. The highest BCUT2D eigenvalue weighted by Gasteiger charge is 2.26. The number of amidine groups is 1. The maximum atomic E-state index is 12.0. The summed E-state index contributed by atoms with van der Waals surface area (Å²) in [7, 11) is 0. The third-order valence-corrected chi connectivity index (χ3v) is 2.25. The van der Waals surface area contributed by atoms with Gasteiger partial charge in [0.1, 0.15) is 0 Å². The minimum atomic E-state index is -4.21. The lowest BCUT2D eigenvalue weighted by Crippen LogP contribution is -2.10. The summed E-state index contributed by atoms with van der Waals surface area (Å²) in [5.41, 5.74) is 1.47. The van der Waals surface area contributed by atoms with Crippen molar-refractivity contribution in [3.05, 3.63) is 29.6 Å². The van der Waals surface area contributed by atoms with E-state index in [2.05, 4.69) is 21.7 Å².